The average molecular weight is 306 g/mol. The first-order valence-corrected chi connectivity index (χ1v) is 7.39. The summed E-state index contributed by atoms with van der Waals surface area (Å²) in [4.78, 5) is 29.1. The molecule has 1 N–H and O–H groups in total. The van der Waals surface area contributed by atoms with E-state index in [1.807, 2.05) is 12.1 Å². The molecule has 0 aliphatic carbocycles. The van der Waals surface area contributed by atoms with Crippen LogP contribution < -0.4 is 0 Å². The van der Waals surface area contributed by atoms with Gasteiger partial charge in [0, 0.05) is 18.9 Å². The first-order chi connectivity index (χ1) is 10.3. The predicted molar refractivity (Wildman–Crippen MR) is 80.4 cm³/mol. The molecule has 1 aliphatic heterocycles. The first kappa shape index (κ1) is 16.3. The van der Waals surface area contributed by atoms with E-state index in [1.54, 1.807) is 33.2 Å². The van der Waals surface area contributed by atoms with Crippen LogP contribution in [0.2, 0.25) is 0 Å². The molecule has 1 aliphatic rings. The van der Waals surface area contributed by atoms with E-state index >= 15 is 0 Å². The fourth-order valence-electron chi connectivity index (χ4n) is 2.75. The number of nitrogens with zero attached hydrogens (tertiary/aromatic N) is 2. The molecule has 0 radical (unpaired) electrons. The van der Waals surface area contributed by atoms with E-state index in [1.165, 1.54) is 4.90 Å². The monoisotopic (exact) mass is 306 g/mol. The Bertz CT molecular complexity index is 539. The van der Waals surface area contributed by atoms with Gasteiger partial charge >= 0.3 is 12.1 Å². The van der Waals surface area contributed by atoms with Crippen LogP contribution in [0.4, 0.5) is 4.79 Å². The van der Waals surface area contributed by atoms with Crippen molar-refractivity contribution < 1.29 is 19.4 Å². The quantitative estimate of drug-likeness (QED) is 0.927. The summed E-state index contributed by atoms with van der Waals surface area (Å²) in [5.41, 5.74) is 0.390. The van der Waals surface area contributed by atoms with Crippen molar-refractivity contribution in [2.45, 2.75) is 45.3 Å². The fourth-order valence-corrected chi connectivity index (χ4v) is 2.75. The SMILES string of the molecule is CC(C)(C)OC(=O)N1CC[C@@H](Cc2ccncc2)[C@H]1C(=O)O. The minimum atomic E-state index is -0.984. The minimum absolute atomic E-state index is 0.118. The fraction of sp³-hybridized carbons (Fsp3) is 0.562. The van der Waals surface area contributed by atoms with Crippen molar-refractivity contribution in [1.82, 2.24) is 9.88 Å². The van der Waals surface area contributed by atoms with E-state index in [2.05, 4.69) is 4.98 Å². The number of aromatic nitrogens is 1. The second-order valence-electron chi connectivity index (χ2n) is 6.57. The highest BCUT2D eigenvalue weighted by molar-refractivity contribution is 5.81. The highest BCUT2D eigenvalue weighted by Gasteiger charge is 2.43. The zero-order chi connectivity index (χ0) is 16.3. The number of carbonyl (C=O) groups excluding carboxylic acids is 1. The third kappa shape index (κ3) is 3.96. The Balaban J connectivity index is 2.11. The van der Waals surface area contributed by atoms with E-state index in [-0.39, 0.29) is 5.92 Å². The molecule has 1 amide bonds. The van der Waals surface area contributed by atoms with Gasteiger partial charge in [0.25, 0.3) is 0 Å². The molecule has 1 saturated heterocycles. The number of rotatable bonds is 3. The minimum Gasteiger partial charge on any atom is -0.480 e. The van der Waals surface area contributed by atoms with Crippen molar-refractivity contribution in [3.8, 4) is 0 Å². The van der Waals surface area contributed by atoms with E-state index in [4.69, 9.17) is 4.74 Å². The van der Waals surface area contributed by atoms with Crippen LogP contribution in [0.15, 0.2) is 24.5 Å². The lowest BCUT2D eigenvalue weighted by atomic mass is 9.93. The molecule has 120 valence electrons. The van der Waals surface area contributed by atoms with E-state index in [9.17, 15) is 14.7 Å². The molecule has 0 spiro atoms. The summed E-state index contributed by atoms with van der Waals surface area (Å²) in [5, 5.41) is 9.52. The van der Waals surface area contributed by atoms with Crippen LogP contribution in [0.5, 0.6) is 0 Å². The van der Waals surface area contributed by atoms with Crippen molar-refractivity contribution in [3.05, 3.63) is 30.1 Å². The molecular formula is C16H22N2O4. The maximum Gasteiger partial charge on any atom is 0.411 e. The topological polar surface area (TPSA) is 79.7 Å². The van der Waals surface area contributed by atoms with Gasteiger partial charge in [0.2, 0.25) is 0 Å². The van der Waals surface area contributed by atoms with Crippen LogP contribution in [0, 0.1) is 5.92 Å². The largest absolute Gasteiger partial charge is 0.480 e. The van der Waals surface area contributed by atoms with Crippen molar-refractivity contribution in [2.75, 3.05) is 6.54 Å². The lowest BCUT2D eigenvalue weighted by Gasteiger charge is -2.28. The molecule has 1 aromatic heterocycles. The van der Waals surface area contributed by atoms with Gasteiger partial charge in [-0.05, 0) is 57.2 Å². The van der Waals surface area contributed by atoms with Crippen molar-refractivity contribution in [3.63, 3.8) is 0 Å². The number of carboxylic acid groups (broad SMARTS) is 1. The standard InChI is InChI=1S/C16H22N2O4/c1-16(2,3)22-15(21)18-9-6-12(13(18)14(19)20)10-11-4-7-17-8-5-11/h4-5,7-8,12-13H,6,9-10H2,1-3H3,(H,19,20)/t12-,13-/m0/s1. The molecule has 2 rings (SSSR count). The summed E-state index contributed by atoms with van der Waals surface area (Å²) in [5.74, 6) is -1.10. The van der Waals surface area contributed by atoms with Gasteiger partial charge in [0.1, 0.15) is 11.6 Å². The highest BCUT2D eigenvalue weighted by Crippen LogP contribution is 2.29. The number of likely N-dealkylation sites (tertiary alicyclic amines) is 1. The molecule has 0 aromatic carbocycles. The van der Waals surface area contributed by atoms with Gasteiger partial charge in [-0.15, -0.1) is 0 Å². The predicted octanol–water partition coefficient (Wildman–Crippen LogP) is 2.33. The molecule has 2 heterocycles. The van der Waals surface area contributed by atoms with E-state index < -0.39 is 23.7 Å². The Hall–Kier alpha value is -2.11. The average Bonchev–Trinajstić information content (AvgIpc) is 2.82. The van der Waals surface area contributed by atoms with Crippen LogP contribution in [0.25, 0.3) is 0 Å². The van der Waals surface area contributed by atoms with Crippen LogP contribution in [0.3, 0.4) is 0 Å². The summed E-state index contributed by atoms with van der Waals surface area (Å²) < 4.78 is 5.31. The number of pyridine rings is 1. The van der Waals surface area contributed by atoms with Crippen molar-refractivity contribution in [2.24, 2.45) is 5.92 Å². The molecule has 0 unspecified atom stereocenters. The smallest absolute Gasteiger partial charge is 0.411 e. The summed E-state index contributed by atoms with van der Waals surface area (Å²) in [6.07, 6.45) is 4.08. The first-order valence-electron chi connectivity index (χ1n) is 7.39. The summed E-state index contributed by atoms with van der Waals surface area (Å²) in [7, 11) is 0. The van der Waals surface area contributed by atoms with Crippen LogP contribution in [-0.2, 0) is 16.0 Å². The van der Waals surface area contributed by atoms with Crippen LogP contribution >= 0.6 is 0 Å². The van der Waals surface area contributed by atoms with Gasteiger partial charge in [0.15, 0.2) is 0 Å². The summed E-state index contributed by atoms with van der Waals surface area (Å²) >= 11 is 0. The van der Waals surface area contributed by atoms with Gasteiger partial charge in [-0.1, -0.05) is 0 Å². The number of amides is 1. The molecule has 1 fully saturated rings. The third-order valence-electron chi connectivity index (χ3n) is 3.65. The molecule has 6 heteroatoms. The van der Waals surface area contributed by atoms with Gasteiger partial charge in [-0.2, -0.15) is 0 Å². The number of carboxylic acids is 1. The molecule has 2 atom stereocenters. The molecule has 1 aromatic rings. The number of hydrogen-bond acceptors (Lipinski definition) is 4. The Kier molecular flexibility index (Phi) is 4.68. The summed E-state index contributed by atoms with van der Waals surface area (Å²) in [6, 6.07) is 2.90. The third-order valence-corrected chi connectivity index (χ3v) is 3.65. The number of ether oxygens (including phenoxy) is 1. The Labute approximate surface area is 130 Å². The normalized spacial score (nSPS) is 21.7. The van der Waals surface area contributed by atoms with E-state index in [0.717, 1.165) is 5.56 Å². The van der Waals surface area contributed by atoms with Gasteiger partial charge in [0.05, 0.1) is 0 Å². The van der Waals surface area contributed by atoms with Crippen molar-refractivity contribution >= 4 is 12.1 Å². The Morgan fingerprint density at radius 1 is 1.36 bits per heavy atom. The maximum atomic E-state index is 12.2. The van der Waals surface area contributed by atoms with Gasteiger partial charge in [-0.3, -0.25) is 9.88 Å². The lowest BCUT2D eigenvalue weighted by Crippen LogP contribution is -2.45. The number of aliphatic carboxylic acids is 1. The Morgan fingerprint density at radius 3 is 2.55 bits per heavy atom. The number of hydrogen-bond donors (Lipinski definition) is 1. The lowest BCUT2D eigenvalue weighted by molar-refractivity contribution is -0.143. The zero-order valence-electron chi connectivity index (χ0n) is 13.2. The maximum absolute atomic E-state index is 12.2. The van der Waals surface area contributed by atoms with Crippen LogP contribution in [-0.4, -0.2) is 45.2 Å². The molecule has 22 heavy (non-hydrogen) atoms. The van der Waals surface area contributed by atoms with Gasteiger partial charge < -0.3 is 9.84 Å². The molecule has 0 bridgehead atoms. The Morgan fingerprint density at radius 2 is 2.00 bits per heavy atom. The second kappa shape index (κ2) is 6.34. The summed E-state index contributed by atoms with van der Waals surface area (Å²) in [6.45, 7) is 5.71. The second-order valence-corrected chi connectivity index (χ2v) is 6.57. The zero-order valence-corrected chi connectivity index (χ0v) is 13.2. The van der Waals surface area contributed by atoms with Gasteiger partial charge in [-0.25, -0.2) is 9.59 Å². The van der Waals surface area contributed by atoms with E-state index in [0.29, 0.717) is 19.4 Å². The highest BCUT2D eigenvalue weighted by atomic mass is 16.6. The molecule has 6 nitrogen and oxygen atoms in total. The molecular weight excluding hydrogens is 284 g/mol. The molecule has 0 saturated carbocycles. The number of carbonyl (C=O) groups is 2. The van der Waals surface area contributed by atoms with Crippen molar-refractivity contribution in [1.29, 1.82) is 0 Å². The van der Waals surface area contributed by atoms with Crippen LogP contribution in [0.1, 0.15) is 32.8 Å².